The lowest BCUT2D eigenvalue weighted by atomic mass is 9.95. The van der Waals surface area contributed by atoms with Crippen LogP contribution in [-0.2, 0) is 14.3 Å². The van der Waals surface area contributed by atoms with Crippen molar-refractivity contribution in [2.24, 2.45) is 5.92 Å². The van der Waals surface area contributed by atoms with Gasteiger partial charge in [0, 0.05) is 56.6 Å². The van der Waals surface area contributed by atoms with E-state index in [-0.39, 0.29) is 11.5 Å². The number of fused-ring (bicyclic) bond motifs is 1. The molecule has 0 aliphatic carbocycles. The fraction of sp³-hybridized carbons (Fsp3) is 0.667. The Morgan fingerprint density at radius 1 is 1.34 bits per heavy atom. The van der Waals surface area contributed by atoms with E-state index in [1.54, 1.807) is 6.20 Å². The summed E-state index contributed by atoms with van der Waals surface area (Å²) in [6.45, 7) is 10.4. The number of ether oxygens (including phenoxy) is 2. The lowest BCUT2D eigenvalue weighted by Gasteiger charge is -2.28. The summed E-state index contributed by atoms with van der Waals surface area (Å²) in [5, 5.41) is 0. The number of carbonyl (C=O) groups excluding carboxylic acids is 1. The summed E-state index contributed by atoms with van der Waals surface area (Å²) in [4.78, 5) is 33.5. The Balaban J connectivity index is 1.60. The highest BCUT2D eigenvalue weighted by Crippen LogP contribution is 2.33. The van der Waals surface area contributed by atoms with Crippen LogP contribution in [0.3, 0.4) is 0 Å². The number of likely N-dealkylation sites (tertiary alicyclic amines) is 1. The van der Waals surface area contributed by atoms with Crippen LogP contribution in [0.25, 0.3) is 5.52 Å². The second-order valence-corrected chi connectivity index (χ2v) is 9.05. The fourth-order valence-electron chi connectivity index (χ4n) is 4.80. The van der Waals surface area contributed by atoms with Crippen LogP contribution >= 0.6 is 0 Å². The van der Waals surface area contributed by atoms with E-state index in [0.717, 1.165) is 50.7 Å². The van der Waals surface area contributed by atoms with Crippen molar-refractivity contribution < 1.29 is 14.3 Å². The van der Waals surface area contributed by atoms with Gasteiger partial charge in [-0.15, -0.1) is 0 Å². The molecule has 2 atom stereocenters. The van der Waals surface area contributed by atoms with Crippen molar-refractivity contribution in [1.29, 1.82) is 0 Å². The first kappa shape index (κ1) is 20.1. The van der Waals surface area contributed by atoms with Crippen molar-refractivity contribution in [2.75, 3.05) is 32.8 Å². The van der Waals surface area contributed by atoms with Gasteiger partial charge in [-0.25, -0.2) is 4.98 Å². The van der Waals surface area contributed by atoms with Crippen molar-refractivity contribution in [3.63, 3.8) is 0 Å². The highest BCUT2D eigenvalue weighted by atomic mass is 16.5. The SMILES string of the molecule is C[C@@H]1CN(CC(C)(C)OC=O)C[C@H]1c1cn2c(C3CCOCC3)ncc2c(=O)[nH]1. The molecule has 0 saturated carbocycles. The number of aromatic amines is 1. The summed E-state index contributed by atoms with van der Waals surface area (Å²) in [5.41, 5.74) is 0.911. The summed E-state index contributed by atoms with van der Waals surface area (Å²) < 4.78 is 12.7. The molecule has 29 heavy (non-hydrogen) atoms. The summed E-state index contributed by atoms with van der Waals surface area (Å²) in [6.07, 6.45) is 5.60. The highest BCUT2D eigenvalue weighted by Gasteiger charge is 2.35. The van der Waals surface area contributed by atoms with Gasteiger partial charge in [-0.2, -0.15) is 0 Å². The number of hydrogen-bond acceptors (Lipinski definition) is 6. The molecule has 2 saturated heterocycles. The minimum Gasteiger partial charge on any atom is -0.461 e. The minimum atomic E-state index is -0.533. The quantitative estimate of drug-likeness (QED) is 0.743. The molecule has 8 nitrogen and oxygen atoms in total. The number of hydrogen-bond donors (Lipinski definition) is 1. The van der Waals surface area contributed by atoms with E-state index in [9.17, 15) is 9.59 Å². The molecule has 0 spiro atoms. The van der Waals surface area contributed by atoms with Gasteiger partial charge in [-0.3, -0.25) is 18.9 Å². The summed E-state index contributed by atoms with van der Waals surface area (Å²) in [6, 6.07) is 0. The zero-order valence-electron chi connectivity index (χ0n) is 17.4. The predicted molar refractivity (Wildman–Crippen MR) is 108 cm³/mol. The van der Waals surface area contributed by atoms with Crippen molar-refractivity contribution in [2.45, 2.75) is 51.0 Å². The Morgan fingerprint density at radius 2 is 2.10 bits per heavy atom. The second-order valence-electron chi connectivity index (χ2n) is 9.05. The molecule has 0 radical (unpaired) electrons. The van der Waals surface area contributed by atoms with Gasteiger partial charge in [0.05, 0.1) is 6.20 Å². The third-order valence-corrected chi connectivity index (χ3v) is 6.23. The lowest BCUT2D eigenvalue weighted by molar-refractivity contribution is -0.141. The molecule has 2 aromatic heterocycles. The molecule has 0 bridgehead atoms. The normalized spacial score (nSPS) is 24.2. The maximum absolute atomic E-state index is 12.7. The first-order chi connectivity index (χ1) is 13.9. The standard InChI is InChI=1S/C21H30N4O4/c1-14-9-24(12-21(2,3)29-13-26)10-16(14)17-11-25-18(20(27)23-17)8-22-19(25)15-4-6-28-7-5-15/h8,11,13-16H,4-7,9-10,12H2,1-3H3,(H,23,27)/t14-,16-/m1/s1. The van der Waals surface area contributed by atoms with E-state index in [0.29, 0.717) is 30.4 Å². The van der Waals surface area contributed by atoms with Crippen molar-refractivity contribution in [3.05, 3.63) is 34.3 Å². The molecular formula is C21H30N4O4. The Hall–Kier alpha value is -2.19. The van der Waals surface area contributed by atoms with Crippen LogP contribution in [0.15, 0.2) is 17.2 Å². The smallest absolute Gasteiger partial charge is 0.293 e. The monoisotopic (exact) mass is 402 g/mol. The number of aromatic nitrogens is 3. The predicted octanol–water partition coefficient (Wildman–Crippen LogP) is 1.90. The van der Waals surface area contributed by atoms with Gasteiger partial charge < -0.3 is 14.5 Å². The first-order valence-electron chi connectivity index (χ1n) is 10.4. The summed E-state index contributed by atoms with van der Waals surface area (Å²) in [7, 11) is 0. The van der Waals surface area contributed by atoms with Crippen molar-refractivity contribution in [1.82, 2.24) is 19.3 Å². The van der Waals surface area contributed by atoms with Crippen LogP contribution in [0, 0.1) is 5.92 Å². The number of H-pyrrole nitrogens is 1. The van der Waals surface area contributed by atoms with E-state index in [1.165, 1.54) is 0 Å². The van der Waals surface area contributed by atoms with Crippen LogP contribution < -0.4 is 5.56 Å². The number of imidazole rings is 1. The lowest BCUT2D eigenvalue weighted by Crippen LogP contribution is -2.39. The summed E-state index contributed by atoms with van der Waals surface area (Å²) in [5.74, 6) is 1.87. The molecule has 4 rings (SSSR count). The maximum Gasteiger partial charge on any atom is 0.293 e. The molecule has 0 aromatic carbocycles. The molecule has 8 heteroatoms. The molecule has 2 aliphatic rings. The van der Waals surface area contributed by atoms with Crippen LogP contribution in [0.5, 0.6) is 0 Å². The van der Waals surface area contributed by atoms with E-state index in [4.69, 9.17) is 9.47 Å². The third kappa shape index (κ3) is 4.09. The molecule has 2 aliphatic heterocycles. The third-order valence-electron chi connectivity index (χ3n) is 6.23. The first-order valence-corrected chi connectivity index (χ1v) is 10.4. The fourth-order valence-corrected chi connectivity index (χ4v) is 4.80. The largest absolute Gasteiger partial charge is 0.461 e. The average molecular weight is 402 g/mol. The number of nitrogens with one attached hydrogen (secondary N) is 1. The zero-order chi connectivity index (χ0) is 20.6. The topological polar surface area (TPSA) is 88.9 Å². The molecule has 1 N–H and O–H groups in total. The number of nitrogens with zero attached hydrogens (tertiary/aromatic N) is 3. The second kappa shape index (κ2) is 7.91. The van der Waals surface area contributed by atoms with Crippen molar-refractivity contribution >= 4 is 12.0 Å². The van der Waals surface area contributed by atoms with Crippen molar-refractivity contribution in [3.8, 4) is 0 Å². The zero-order valence-corrected chi connectivity index (χ0v) is 17.4. The van der Waals surface area contributed by atoms with Gasteiger partial charge in [0.2, 0.25) is 0 Å². The molecule has 2 fully saturated rings. The Bertz CT molecular complexity index is 928. The van der Waals surface area contributed by atoms with Gasteiger partial charge in [0.25, 0.3) is 12.0 Å². The molecule has 4 heterocycles. The molecular weight excluding hydrogens is 372 g/mol. The van der Waals surface area contributed by atoms with Crippen LogP contribution in [0.1, 0.15) is 57.0 Å². The number of carbonyl (C=O) groups is 1. The number of rotatable bonds is 6. The highest BCUT2D eigenvalue weighted by molar-refractivity contribution is 5.45. The summed E-state index contributed by atoms with van der Waals surface area (Å²) >= 11 is 0. The van der Waals surface area contributed by atoms with Crippen LogP contribution in [0.2, 0.25) is 0 Å². The van der Waals surface area contributed by atoms with E-state index in [1.807, 2.05) is 18.2 Å². The minimum absolute atomic E-state index is 0.0939. The van der Waals surface area contributed by atoms with Gasteiger partial charge in [-0.1, -0.05) is 6.92 Å². The Labute approximate surface area is 170 Å². The van der Waals surface area contributed by atoms with E-state index >= 15 is 0 Å². The molecule has 2 aromatic rings. The van der Waals surface area contributed by atoms with Gasteiger partial charge in [0.1, 0.15) is 16.9 Å². The molecule has 0 amide bonds. The van der Waals surface area contributed by atoms with E-state index < -0.39 is 5.60 Å². The van der Waals surface area contributed by atoms with Crippen LogP contribution in [0.4, 0.5) is 0 Å². The maximum atomic E-state index is 12.7. The average Bonchev–Trinajstić information content (AvgIpc) is 3.25. The van der Waals surface area contributed by atoms with Gasteiger partial charge >= 0.3 is 0 Å². The Kier molecular flexibility index (Phi) is 5.48. The van der Waals surface area contributed by atoms with Gasteiger partial charge in [-0.05, 0) is 32.6 Å². The van der Waals surface area contributed by atoms with Gasteiger partial charge in [0.15, 0.2) is 0 Å². The van der Waals surface area contributed by atoms with Crippen LogP contribution in [-0.4, -0.2) is 64.2 Å². The molecule has 158 valence electrons. The molecule has 0 unspecified atom stereocenters. The van der Waals surface area contributed by atoms with E-state index in [2.05, 4.69) is 28.0 Å². The Morgan fingerprint density at radius 3 is 2.83 bits per heavy atom.